The van der Waals surface area contributed by atoms with E-state index in [0.29, 0.717) is 6.61 Å². The van der Waals surface area contributed by atoms with Crippen molar-refractivity contribution in [3.8, 4) is 0 Å². The Morgan fingerprint density at radius 1 is 1.19 bits per heavy atom. The van der Waals surface area contributed by atoms with Gasteiger partial charge < -0.3 is 9.64 Å². The van der Waals surface area contributed by atoms with E-state index in [-0.39, 0.29) is 12.0 Å². The quantitative estimate of drug-likeness (QED) is 0.486. The van der Waals surface area contributed by atoms with E-state index < -0.39 is 0 Å². The molecule has 0 saturated carbocycles. The normalized spacial score (nSPS) is 17.3. The maximum atomic E-state index is 12.9. The molecule has 1 amide bonds. The predicted molar refractivity (Wildman–Crippen MR) is 123 cm³/mol. The Morgan fingerprint density at radius 2 is 2.03 bits per heavy atom. The summed E-state index contributed by atoms with van der Waals surface area (Å²) in [6.07, 6.45) is 3.43. The Labute approximate surface area is 185 Å². The number of pyridine rings is 2. The third kappa shape index (κ3) is 3.92. The van der Waals surface area contributed by atoms with E-state index in [1.165, 1.54) is 16.9 Å². The molecule has 1 aliphatic rings. The van der Waals surface area contributed by atoms with E-state index in [1.807, 2.05) is 24.4 Å². The molecule has 1 aliphatic heterocycles. The lowest BCUT2D eigenvalue weighted by atomic mass is 10.0. The van der Waals surface area contributed by atoms with Gasteiger partial charge in [0.2, 0.25) is 0 Å². The summed E-state index contributed by atoms with van der Waals surface area (Å²) < 4.78 is 6.20. The van der Waals surface area contributed by atoms with Crippen LogP contribution in [0.3, 0.4) is 0 Å². The minimum Gasteiger partial charge on any atom is -0.371 e. The molecular weight excluding hydrogens is 408 g/mol. The number of ether oxygens (including phenoxy) is 1. The van der Waals surface area contributed by atoms with Crippen LogP contribution in [0.15, 0.2) is 54.9 Å². The highest BCUT2D eigenvalue weighted by molar-refractivity contribution is 7.20. The highest BCUT2D eigenvalue weighted by Gasteiger charge is 2.30. The number of carbonyl (C=O) groups excluding carboxylic acids is 1. The molecule has 158 valence electrons. The smallest absolute Gasteiger partial charge is 0.263 e. The van der Waals surface area contributed by atoms with Crippen LogP contribution in [0.5, 0.6) is 0 Å². The third-order valence-corrected chi connectivity index (χ3v) is 6.77. The summed E-state index contributed by atoms with van der Waals surface area (Å²) in [5, 5.41) is 2.17. The Balaban J connectivity index is 1.44. The standard InChI is InChI=1S/C24H24N4O2S/c1-27(2)24(29)22-21(18-6-4-10-26-23(18)31-22)20-15-28(11-12-30-20)14-16-7-8-19-17(13-16)5-3-9-25-19/h3-10,13,20H,11-12,14-15H2,1-2H3/t20-/m0/s1. The van der Waals surface area contributed by atoms with E-state index in [9.17, 15) is 4.79 Å². The fourth-order valence-electron chi connectivity index (χ4n) is 4.14. The third-order valence-electron chi connectivity index (χ3n) is 5.65. The van der Waals surface area contributed by atoms with Gasteiger partial charge in [-0.2, -0.15) is 0 Å². The average molecular weight is 433 g/mol. The lowest BCUT2D eigenvalue weighted by Gasteiger charge is -2.33. The number of fused-ring (bicyclic) bond motifs is 2. The van der Waals surface area contributed by atoms with Crippen LogP contribution in [-0.4, -0.2) is 59.5 Å². The molecule has 4 heterocycles. The van der Waals surface area contributed by atoms with E-state index in [0.717, 1.165) is 51.2 Å². The first-order chi connectivity index (χ1) is 15.1. The van der Waals surface area contributed by atoms with Crippen LogP contribution in [0.25, 0.3) is 21.1 Å². The minimum absolute atomic E-state index is 0.000697. The van der Waals surface area contributed by atoms with Crippen molar-refractivity contribution < 1.29 is 9.53 Å². The van der Waals surface area contributed by atoms with Gasteiger partial charge in [0.05, 0.1) is 18.2 Å². The van der Waals surface area contributed by atoms with Crippen molar-refractivity contribution in [2.75, 3.05) is 33.8 Å². The molecule has 0 spiro atoms. The van der Waals surface area contributed by atoms with E-state index in [1.54, 1.807) is 25.2 Å². The van der Waals surface area contributed by atoms with Gasteiger partial charge in [-0.25, -0.2) is 4.98 Å². The zero-order valence-corrected chi connectivity index (χ0v) is 18.4. The fraction of sp³-hybridized carbons (Fsp3) is 0.292. The van der Waals surface area contributed by atoms with Crippen LogP contribution in [0.2, 0.25) is 0 Å². The molecule has 7 heteroatoms. The Bertz CT molecular complexity index is 1250. The second kappa shape index (κ2) is 8.34. The first-order valence-corrected chi connectivity index (χ1v) is 11.2. The van der Waals surface area contributed by atoms with Crippen molar-refractivity contribution in [3.63, 3.8) is 0 Å². The van der Waals surface area contributed by atoms with Gasteiger partial charge in [-0.1, -0.05) is 18.2 Å². The Hall–Kier alpha value is -2.87. The molecule has 0 unspecified atom stereocenters. The lowest BCUT2D eigenvalue weighted by Crippen LogP contribution is -2.38. The van der Waals surface area contributed by atoms with Crippen molar-refractivity contribution >= 4 is 38.4 Å². The zero-order chi connectivity index (χ0) is 21.4. The van der Waals surface area contributed by atoms with E-state index >= 15 is 0 Å². The minimum atomic E-state index is -0.160. The molecule has 4 aromatic rings. The van der Waals surface area contributed by atoms with Gasteiger partial charge >= 0.3 is 0 Å². The van der Waals surface area contributed by atoms with Crippen molar-refractivity contribution in [2.45, 2.75) is 12.6 Å². The predicted octanol–water partition coefficient (Wildman–Crippen LogP) is 4.12. The van der Waals surface area contributed by atoms with Gasteiger partial charge in [-0.15, -0.1) is 11.3 Å². The van der Waals surface area contributed by atoms with Crippen molar-refractivity contribution in [1.82, 2.24) is 19.8 Å². The number of rotatable bonds is 4. The number of amides is 1. The lowest BCUT2D eigenvalue weighted by molar-refractivity contribution is -0.0323. The summed E-state index contributed by atoms with van der Waals surface area (Å²) in [7, 11) is 3.57. The molecule has 1 atom stereocenters. The zero-order valence-electron chi connectivity index (χ0n) is 17.6. The molecule has 6 nitrogen and oxygen atoms in total. The molecule has 1 fully saturated rings. The molecule has 0 N–H and O–H groups in total. The Kier molecular flexibility index (Phi) is 5.40. The number of morpholine rings is 1. The molecule has 3 aromatic heterocycles. The number of carbonyl (C=O) groups is 1. The summed E-state index contributed by atoms with van der Waals surface area (Å²) in [4.78, 5) is 27.4. The summed E-state index contributed by atoms with van der Waals surface area (Å²) in [6.45, 7) is 3.06. The first kappa shape index (κ1) is 20.1. The number of hydrogen-bond donors (Lipinski definition) is 0. The molecule has 31 heavy (non-hydrogen) atoms. The van der Waals surface area contributed by atoms with Gasteiger partial charge in [0.1, 0.15) is 9.71 Å². The topological polar surface area (TPSA) is 58.6 Å². The number of thiophene rings is 1. The molecular formula is C24H24N4O2S. The molecule has 1 saturated heterocycles. The van der Waals surface area contributed by atoms with Crippen LogP contribution >= 0.6 is 11.3 Å². The molecule has 0 aliphatic carbocycles. The summed E-state index contributed by atoms with van der Waals surface area (Å²) in [5.74, 6) is 0.000697. The molecule has 0 bridgehead atoms. The average Bonchev–Trinajstić information content (AvgIpc) is 3.18. The first-order valence-electron chi connectivity index (χ1n) is 10.4. The number of aromatic nitrogens is 2. The van der Waals surface area contributed by atoms with Crippen LogP contribution in [0.4, 0.5) is 0 Å². The van der Waals surface area contributed by atoms with E-state index in [4.69, 9.17) is 4.74 Å². The summed E-state index contributed by atoms with van der Waals surface area (Å²) in [5.41, 5.74) is 3.23. The van der Waals surface area contributed by atoms with Crippen LogP contribution < -0.4 is 0 Å². The van der Waals surface area contributed by atoms with Crippen LogP contribution in [0.1, 0.15) is 26.9 Å². The van der Waals surface area contributed by atoms with Gasteiger partial charge in [-0.3, -0.25) is 14.7 Å². The van der Waals surface area contributed by atoms with Gasteiger partial charge in [0.15, 0.2) is 0 Å². The second-order valence-electron chi connectivity index (χ2n) is 8.03. The number of nitrogens with zero attached hydrogens (tertiary/aromatic N) is 4. The maximum absolute atomic E-state index is 12.9. The summed E-state index contributed by atoms with van der Waals surface area (Å²) in [6, 6.07) is 14.5. The highest BCUT2D eigenvalue weighted by Crippen LogP contribution is 2.38. The molecule has 1 aromatic carbocycles. The van der Waals surface area contributed by atoms with Crippen molar-refractivity contribution in [1.29, 1.82) is 0 Å². The molecule has 5 rings (SSSR count). The number of benzene rings is 1. The summed E-state index contributed by atoms with van der Waals surface area (Å²) >= 11 is 1.45. The monoisotopic (exact) mass is 432 g/mol. The van der Waals surface area contributed by atoms with Gasteiger partial charge in [0, 0.05) is 62.5 Å². The van der Waals surface area contributed by atoms with Gasteiger partial charge in [-0.05, 0) is 29.8 Å². The van der Waals surface area contributed by atoms with Crippen molar-refractivity contribution in [3.05, 3.63) is 70.9 Å². The largest absolute Gasteiger partial charge is 0.371 e. The fourth-order valence-corrected chi connectivity index (χ4v) is 5.35. The molecule has 0 radical (unpaired) electrons. The highest BCUT2D eigenvalue weighted by atomic mass is 32.1. The Morgan fingerprint density at radius 3 is 2.90 bits per heavy atom. The van der Waals surface area contributed by atoms with Crippen molar-refractivity contribution in [2.24, 2.45) is 0 Å². The van der Waals surface area contributed by atoms with Crippen LogP contribution in [-0.2, 0) is 11.3 Å². The van der Waals surface area contributed by atoms with Gasteiger partial charge in [0.25, 0.3) is 5.91 Å². The van der Waals surface area contributed by atoms with E-state index in [2.05, 4.69) is 39.1 Å². The second-order valence-corrected chi connectivity index (χ2v) is 9.02. The number of hydrogen-bond acceptors (Lipinski definition) is 6. The SMILES string of the molecule is CN(C)C(=O)c1sc2ncccc2c1[C@@H]1CN(Cc2ccc3ncccc3c2)CCO1. The maximum Gasteiger partial charge on any atom is 0.263 e. The van der Waals surface area contributed by atoms with Crippen LogP contribution in [0, 0.1) is 0 Å².